The molecule has 1 heterocycles. The molecule has 0 saturated carbocycles. The van der Waals surface area contributed by atoms with Gasteiger partial charge in [-0.05, 0) is 34.4 Å². The van der Waals surface area contributed by atoms with Gasteiger partial charge in [-0.1, -0.05) is 78.4 Å². The molecule has 0 bridgehead atoms. The van der Waals surface area contributed by atoms with Crippen LogP contribution in [-0.4, -0.2) is 24.2 Å². The summed E-state index contributed by atoms with van der Waals surface area (Å²) in [7, 11) is 0. The van der Waals surface area contributed by atoms with Crippen molar-refractivity contribution in [2.45, 2.75) is 5.92 Å². The number of hydrogen-bond acceptors (Lipinski definition) is 2. The second-order valence-corrected chi connectivity index (χ2v) is 7.92. The zero-order valence-corrected chi connectivity index (χ0v) is 17.5. The number of ether oxygens (including phenoxy) is 1. The number of rotatable bonds is 5. The van der Waals surface area contributed by atoms with Crippen molar-refractivity contribution in [2.75, 3.05) is 13.2 Å². The number of aromatic nitrogens is 1. The van der Waals surface area contributed by atoms with Crippen LogP contribution < -0.4 is 5.32 Å². The molecule has 154 valence electrons. The number of benzene rings is 3. The van der Waals surface area contributed by atoms with E-state index < -0.39 is 6.09 Å². The fourth-order valence-corrected chi connectivity index (χ4v) is 4.56. The number of amides is 1. The monoisotopic (exact) mass is 428 g/mol. The first-order valence-corrected chi connectivity index (χ1v) is 10.6. The largest absolute Gasteiger partial charge is 0.449 e. The lowest BCUT2D eigenvalue weighted by Crippen LogP contribution is -2.26. The maximum atomic E-state index is 12.3. The molecule has 2 N–H and O–H groups in total. The summed E-state index contributed by atoms with van der Waals surface area (Å²) in [6.07, 6.45) is 5.30. The SMILES string of the molecule is O=C(NCC=Cc1c[nH]c2cccc(Cl)c12)OCC1c2ccccc2-c2ccccc21. The molecule has 4 nitrogen and oxygen atoms in total. The summed E-state index contributed by atoms with van der Waals surface area (Å²) in [5.74, 6) is 0.0575. The number of alkyl carbamates (subject to hydrolysis) is 1. The van der Waals surface area contributed by atoms with Gasteiger partial charge in [0, 0.05) is 35.1 Å². The molecule has 0 spiro atoms. The molecule has 1 aliphatic carbocycles. The molecule has 1 aliphatic rings. The van der Waals surface area contributed by atoms with E-state index in [4.69, 9.17) is 16.3 Å². The Balaban J connectivity index is 1.20. The second kappa shape index (κ2) is 8.32. The first-order chi connectivity index (χ1) is 15.2. The van der Waals surface area contributed by atoms with Crippen LogP contribution in [0, 0.1) is 0 Å². The van der Waals surface area contributed by atoms with Crippen LogP contribution in [0.2, 0.25) is 5.02 Å². The van der Waals surface area contributed by atoms with Crippen LogP contribution in [0.15, 0.2) is 79.0 Å². The third kappa shape index (κ3) is 3.71. The topological polar surface area (TPSA) is 54.1 Å². The summed E-state index contributed by atoms with van der Waals surface area (Å²) in [4.78, 5) is 15.5. The van der Waals surface area contributed by atoms with E-state index in [1.54, 1.807) is 0 Å². The number of carbonyl (C=O) groups is 1. The number of carbonyl (C=O) groups excluding carboxylic acids is 1. The smallest absolute Gasteiger partial charge is 0.407 e. The van der Waals surface area contributed by atoms with Crippen LogP contribution in [-0.2, 0) is 4.74 Å². The molecular weight excluding hydrogens is 408 g/mol. The minimum absolute atomic E-state index is 0.0575. The van der Waals surface area contributed by atoms with Crippen LogP contribution >= 0.6 is 11.6 Å². The van der Waals surface area contributed by atoms with Crippen molar-refractivity contribution < 1.29 is 9.53 Å². The molecule has 3 aromatic carbocycles. The Bertz CT molecular complexity index is 1250. The van der Waals surface area contributed by atoms with Crippen molar-refractivity contribution in [1.29, 1.82) is 0 Å². The van der Waals surface area contributed by atoms with Crippen LogP contribution in [0.1, 0.15) is 22.6 Å². The summed E-state index contributed by atoms with van der Waals surface area (Å²) in [5, 5.41) is 4.46. The molecule has 5 heteroatoms. The molecule has 0 atom stereocenters. The maximum absolute atomic E-state index is 12.3. The van der Waals surface area contributed by atoms with Crippen LogP contribution in [0.4, 0.5) is 4.79 Å². The summed E-state index contributed by atoms with van der Waals surface area (Å²) in [6.45, 7) is 0.676. The Morgan fingerprint density at radius 2 is 1.71 bits per heavy atom. The molecule has 0 aliphatic heterocycles. The quantitative estimate of drug-likeness (QED) is 0.388. The molecule has 5 rings (SSSR count). The zero-order valence-electron chi connectivity index (χ0n) is 16.8. The van der Waals surface area contributed by atoms with Gasteiger partial charge in [-0.25, -0.2) is 4.79 Å². The average Bonchev–Trinajstić information content (AvgIpc) is 3.35. The van der Waals surface area contributed by atoms with Gasteiger partial charge in [-0.15, -0.1) is 0 Å². The van der Waals surface area contributed by atoms with Gasteiger partial charge in [0.1, 0.15) is 6.61 Å². The number of hydrogen-bond donors (Lipinski definition) is 2. The molecule has 4 aromatic rings. The summed E-state index contributed by atoms with van der Waals surface area (Å²) in [6, 6.07) is 22.3. The summed E-state index contributed by atoms with van der Waals surface area (Å²) in [5.41, 5.74) is 6.80. The maximum Gasteiger partial charge on any atom is 0.407 e. The fourth-order valence-electron chi connectivity index (χ4n) is 4.27. The van der Waals surface area contributed by atoms with E-state index in [-0.39, 0.29) is 5.92 Å². The first-order valence-electron chi connectivity index (χ1n) is 10.2. The number of nitrogens with one attached hydrogen (secondary N) is 2. The third-order valence-electron chi connectivity index (χ3n) is 5.69. The van der Waals surface area contributed by atoms with Gasteiger partial charge in [0.05, 0.1) is 5.02 Å². The standard InChI is InChI=1S/C26H21ClN2O2/c27-23-12-5-13-24-25(23)17(15-29-24)7-6-14-28-26(30)31-16-22-20-10-3-1-8-18(20)19-9-2-4-11-21(19)22/h1-13,15,22,29H,14,16H2,(H,28,30). The van der Waals surface area contributed by atoms with Crippen molar-refractivity contribution >= 4 is 34.7 Å². The number of halogens is 1. The molecule has 0 radical (unpaired) electrons. The zero-order chi connectivity index (χ0) is 21.2. The van der Waals surface area contributed by atoms with Crippen molar-refractivity contribution in [3.63, 3.8) is 0 Å². The van der Waals surface area contributed by atoms with Gasteiger partial charge < -0.3 is 15.0 Å². The van der Waals surface area contributed by atoms with Crippen molar-refractivity contribution in [1.82, 2.24) is 10.3 Å². The predicted octanol–water partition coefficient (Wildman–Crippen LogP) is 6.37. The van der Waals surface area contributed by atoms with Gasteiger partial charge in [0.25, 0.3) is 0 Å². The molecule has 1 amide bonds. The van der Waals surface area contributed by atoms with E-state index >= 15 is 0 Å². The minimum atomic E-state index is -0.427. The Labute approximate surface area is 185 Å². The van der Waals surface area contributed by atoms with Gasteiger partial charge in [0.2, 0.25) is 0 Å². The number of aromatic amines is 1. The van der Waals surface area contributed by atoms with Crippen LogP contribution in [0.5, 0.6) is 0 Å². The summed E-state index contributed by atoms with van der Waals surface area (Å²) < 4.78 is 5.56. The fraction of sp³-hybridized carbons (Fsp3) is 0.115. The van der Waals surface area contributed by atoms with E-state index in [1.165, 1.54) is 22.3 Å². The van der Waals surface area contributed by atoms with Gasteiger partial charge in [-0.3, -0.25) is 0 Å². The van der Waals surface area contributed by atoms with E-state index in [9.17, 15) is 4.79 Å². The number of fused-ring (bicyclic) bond motifs is 4. The average molecular weight is 429 g/mol. The van der Waals surface area contributed by atoms with Crippen molar-refractivity contribution in [2.24, 2.45) is 0 Å². The second-order valence-electron chi connectivity index (χ2n) is 7.52. The minimum Gasteiger partial charge on any atom is -0.449 e. The van der Waals surface area contributed by atoms with E-state index in [2.05, 4.69) is 34.6 Å². The van der Waals surface area contributed by atoms with E-state index in [0.717, 1.165) is 16.5 Å². The van der Waals surface area contributed by atoms with Crippen LogP contribution in [0.25, 0.3) is 28.1 Å². The normalized spacial score (nSPS) is 12.8. The lowest BCUT2D eigenvalue weighted by molar-refractivity contribution is 0.144. The van der Waals surface area contributed by atoms with Crippen molar-refractivity contribution in [3.05, 3.63) is 101 Å². The van der Waals surface area contributed by atoms with Gasteiger partial charge in [0.15, 0.2) is 0 Å². The van der Waals surface area contributed by atoms with Gasteiger partial charge >= 0.3 is 6.09 Å². The Kier molecular flexibility index (Phi) is 5.23. The highest BCUT2D eigenvalue weighted by Crippen LogP contribution is 2.44. The highest BCUT2D eigenvalue weighted by Gasteiger charge is 2.28. The van der Waals surface area contributed by atoms with Crippen molar-refractivity contribution in [3.8, 4) is 11.1 Å². The first kappa shape index (κ1) is 19.5. The molecule has 0 fully saturated rings. The lowest BCUT2D eigenvalue weighted by atomic mass is 9.98. The lowest BCUT2D eigenvalue weighted by Gasteiger charge is -2.14. The van der Waals surface area contributed by atoms with Gasteiger partial charge in [-0.2, -0.15) is 0 Å². The third-order valence-corrected chi connectivity index (χ3v) is 6.01. The van der Waals surface area contributed by atoms with Crippen LogP contribution in [0.3, 0.4) is 0 Å². The highest BCUT2D eigenvalue weighted by molar-refractivity contribution is 6.36. The Hall–Kier alpha value is -3.50. The Morgan fingerprint density at radius 1 is 1.00 bits per heavy atom. The molecule has 0 unspecified atom stereocenters. The molecule has 31 heavy (non-hydrogen) atoms. The van der Waals surface area contributed by atoms with E-state index in [0.29, 0.717) is 18.2 Å². The number of H-pyrrole nitrogens is 1. The molecule has 0 saturated heterocycles. The summed E-state index contributed by atoms with van der Waals surface area (Å²) >= 11 is 6.30. The highest BCUT2D eigenvalue weighted by atomic mass is 35.5. The Morgan fingerprint density at radius 3 is 2.45 bits per heavy atom. The molecular formula is C26H21ClN2O2. The van der Waals surface area contributed by atoms with E-state index in [1.807, 2.05) is 60.8 Å². The molecule has 1 aromatic heterocycles. The predicted molar refractivity (Wildman–Crippen MR) is 125 cm³/mol.